The molecule has 0 amide bonds. The van der Waals surface area contributed by atoms with Crippen molar-refractivity contribution in [3.8, 4) is 0 Å². The van der Waals surface area contributed by atoms with E-state index in [0.29, 0.717) is 16.0 Å². The summed E-state index contributed by atoms with van der Waals surface area (Å²) < 4.78 is 79.0. The van der Waals surface area contributed by atoms with Gasteiger partial charge in [-0.2, -0.15) is 0 Å². The van der Waals surface area contributed by atoms with Crippen LogP contribution in [0, 0.1) is 0 Å². The minimum Gasteiger partial charge on any atom is -0.418 e. The largest absolute Gasteiger partial charge is 0.673 e. The van der Waals surface area contributed by atoms with Gasteiger partial charge in [0.25, 0.3) is 0 Å². The third-order valence-electron chi connectivity index (χ3n) is 3.00. The fourth-order valence-corrected chi connectivity index (χ4v) is 4.21. The topological polar surface area (TPSA) is 0 Å². The molecule has 0 saturated heterocycles. The Hall–Kier alpha value is -1.25. The SMILES string of the molecule is CCCc1ccc2cc(CC)[s+](C(F)(F)F)c2c1.F[B-](F)(F)F. The lowest BCUT2D eigenvalue weighted by atomic mass is 10.1. The summed E-state index contributed by atoms with van der Waals surface area (Å²) in [6, 6.07) is 7.22. The summed E-state index contributed by atoms with van der Waals surface area (Å²) in [5.41, 5.74) is -3.15. The highest BCUT2D eigenvalue weighted by Gasteiger charge is 2.47. The van der Waals surface area contributed by atoms with Crippen LogP contribution in [0.4, 0.5) is 30.4 Å². The van der Waals surface area contributed by atoms with Gasteiger partial charge >= 0.3 is 12.8 Å². The average molecular weight is 360 g/mol. The van der Waals surface area contributed by atoms with Gasteiger partial charge in [-0.05, 0) is 18.1 Å². The zero-order chi connectivity index (χ0) is 17.8. The quantitative estimate of drug-likeness (QED) is 0.318. The Bertz CT molecular complexity index is 637. The van der Waals surface area contributed by atoms with Crippen LogP contribution < -0.4 is 0 Å². The highest BCUT2D eigenvalue weighted by atomic mass is 32.2. The van der Waals surface area contributed by atoms with E-state index in [2.05, 4.69) is 0 Å². The van der Waals surface area contributed by atoms with Crippen LogP contribution in [0.25, 0.3) is 10.1 Å². The first-order chi connectivity index (χ1) is 10.5. The molecular formula is C14H16BF7S. The number of fused-ring (bicyclic) bond motifs is 1. The molecule has 2 aromatic rings. The first-order valence-corrected chi connectivity index (χ1v) is 8.21. The molecule has 0 bridgehead atoms. The number of benzene rings is 1. The summed E-state index contributed by atoms with van der Waals surface area (Å²) in [7, 11) is -7.71. The molecule has 0 radical (unpaired) electrons. The van der Waals surface area contributed by atoms with E-state index in [0.717, 1.165) is 23.8 Å². The third kappa shape index (κ3) is 6.04. The molecule has 0 aliphatic heterocycles. The molecule has 0 saturated carbocycles. The molecule has 0 aliphatic rings. The zero-order valence-corrected chi connectivity index (χ0v) is 13.4. The molecule has 2 rings (SSSR count). The number of thiophene rings is 1. The lowest BCUT2D eigenvalue weighted by Crippen LogP contribution is -2.02. The lowest BCUT2D eigenvalue weighted by molar-refractivity contribution is -0.0867. The Balaban J connectivity index is 0.000000463. The van der Waals surface area contributed by atoms with Crippen molar-refractivity contribution in [2.24, 2.45) is 0 Å². The van der Waals surface area contributed by atoms with Gasteiger partial charge in [0.2, 0.25) is 0 Å². The minimum atomic E-state index is -6.00. The summed E-state index contributed by atoms with van der Waals surface area (Å²) in [4.78, 5) is 0.506. The molecule has 1 aromatic carbocycles. The second-order valence-electron chi connectivity index (χ2n) is 4.83. The number of aryl methyl sites for hydroxylation is 2. The number of rotatable bonds is 3. The first kappa shape index (κ1) is 19.8. The van der Waals surface area contributed by atoms with Crippen molar-refractivity contribution in [1.29, 1.82) is 0 Å². The maximum Gasteiger partial charge on any atom is 0.673 e. The van der Waals surface area contributed by atoms with Crippen LogP contribution in [0.15, 0.2) is 24.3 Å². The predicted molar refractivity (Wildman–Crippen MR) is 81.3 cm³/mol. The van der Waals surface area contributed by atoms with Gasteiger partial charge in [-0.3, -0.25) is 0 Å². The molecule has 130 valence electrons. The summed E-state index contributed by atoms with van der Waals surface area (Å²) in [6.45, 7) is 3.82. The Morgan fingerprint density at radius 3 is 2.00 bits per heavy atom. The van der Waals surface area contributed by atoms with Crippen LogP contribution >= 0.6 is 10.5 Å². The van der Waals surface area contributed by atoms with Crippen molar-refractivity contribution in [3.63, 3.8) is 0 Å². The lowest BCUT2D eigenvalue weighted by Gasteiger charge is -2.00. The van der Waals surface area contributed by atoms with E-state index in [1.807, 2.05) is 19.1 Å². The van der Waals surface area contributed by atoms with Crippen molar-refractivity contribution >= 4 is 27.8 Å². The molecule has 0 aliphatic carbocycles. The van der Waals surface area contributed by atoms with E-state index in [1.165, 1.54) is 0 Å². The van der Waals surface area contributed by atoms with Gasteiger partial charge in [-0.25, -0.2) is 0 Å². The molecule has 0 spiro atoms. The summed E-state index contributed by atoms with van der Waals surface area (Å²) in [6.07, 6.45) is 2.25. The van der Waals surface area contributed by atoms with Gasteiger partial charge in [0.15, 0.2) is 9.58 Å². The summed E-state index contributed by atoms with van der Waals surface area (Å²) in [5, 5.41) is 0.743. The van der Waals surface area contributed by atoms with Crippen molar-refractivity contribution in [2.75, 3.05) is 0 Å². The van der Waals surface area contributed by atoms with Crippen LogP contribution in [-0.2, 0) is 18.3 Å². The van der Waals surface area contributed by atoms with Gasteiger partial charge in [0.05, 0.1) is 10.5 Å². The van der Waals surface area contributed by atoms with E-state index in [-0.39, 0.29) is 0 Å². The maximum absolute atomic E-state index is 13.2. The van der Waals surface area contributed by atoms with Crippen molar-refractivity contribution in [3.05, 3.63) is 34.7 Å². The van der Waals surface area contributed by atoms with Crippen molar-refractivity contribution < 1.29 is 30.4 Å². The third-order valence-corrected chi connectivity index (χ3v) is 5.18. The number of halogens is 7. The number of hydrogen-bond donors (Lipinski definition) is 0. The van der Waals surface area contributed by atoms with Gasteiger partial charge in [0.1, 0.15) is 0 Å². The molecule has 9 heteroatoms. The van der Waals surface area contributed by atoms with Gasteiger partial charge in [0, 0.05) is 23.9 Å². The molecule has 0 nitrogen and oxygen atoms in total. The Labute approximate surface area is 132 Å². The number of hydrogen-bond acceptors (Lipinski definition) is 0. The molecule has 1 heterocycles. The van der Waals surface area contributed by atoms with Crippen LogP contribution in [0.3, 0.4) is 0 Å². The first-order valence-electron chi connectivity index (χ1n) is 6.99. The zero-order valence-electron chi connectivity index (χ0n) is 12.6. The van der Waals surface area contributed by atoms with Crippen molar-refractivity contribution in [2.45, 2.75) is 38.6 Å². The highest BCUT2D eigenvalue weighted by Crippen LogP contribution is 2.51. The minimum absolute atomic E-state index is 0.459. The van der Waals surface area contributed by atoms with E-state index >= 15 is 0 Å². The van der Waals surface area contributed by atoms with Crippen LogP contribution in [0.5, 0.6) is 0 Å². The predicted octanol–water partition coefficient (Wildman–Crippen LogP) is 6.88. The van der Waals surface area contributed by atoms with Gasteiger partial charge < -0.3 is 17.3 Å². The molecule has 1 unspecified atom stereocenters. The van der Waals surface area contributed by atoms with E-state index in [9.17, 15) is 30.4 Å². The second-order valence-corrected chi connectivity index (χ2v) is 6.87. The van der Waals surface area contributed by atoms with Crippen LogP contribution in [-0.4, -0.2) is 7.25 Å². The maximum atomic E-state index is 13.2. The second kappa shape index (κ2) is 7.55. The molecule has 1 aromatic heterocycles. The van der Waals surface area contributed by atoms with Crippen molar-refractivity contribution in [1.82, 2.24) is 0 Å². The highest BCUT2D eigenvalue weighted by molar-refractivity contribution is 7.38. The standard InChI is InChI=1S/C14H16F3S.BF4/c1-3-5-10-6-7-11-9-12(4-2)18(13(11)8-10)14(15,16)17;2-1(3,4)5/h6-9H,3-5H2,1-2H3;/q+1;-1. The van der Waals surface area contributed by atoms with Gasteiger partial charge in [-0.15, -0.1) is 13.2 Å². The fourth-order valence-electron chi connectivity index (χ4n) is 2.21. The smallest absolute Gasteiger partial charge is 0.418 e. The average Bonchev–Trinajstić information content (AvgIpc) is 2.74. The van der Waals surface area contributed by atoms with E-state index < -0.39 is 23.2 Å². The molecular weight excluding hydrogens is 344 g/mol. The van der Waals surface area contributed by atoms with Gasteiger partial charge in [-0.1, -0.05) is 26.3 Å². The molecule has 1 atom stereocenters. The van der Waals surface area contributed by atoms with Crippen LogP contribution in [0.1, 0.15) is 30.7 Å². The molecule has 0 fully saturated rings. The Morgan fingerprint density at radius 1 is 1.00 bits per heavy atom. The normalized spacial score (nSPS) is 13.0. The van der Waals surface area contributed by atoms with Crippen LogP contribution in [0.2, 0.25) is 0 Å². The Morgan fingerprint density at radius 2 is 1.57 bits per heavy atom. The molecule has 0 N–H and O–H groups in total. The monoisotopic (exact) mass is 360 g/mol. The van der Waals surface area contributed by atoms with E-state index in [1.54, 1.807) is 19.1 Å². The Kier molecular flexibility index (Phi) is 6.50. The fraction of sp³-hybridized carbons (Fsp3) is 0.429. The number of alkyl halides is 3. The molecule has 23 heavy (non-hydrogen) atoms. The van der Waals surface area contributed by atoms with E-state index in [4.69, 9.17) is 0 Å². The summed E-state index contributed by atoms with van der Waals surface area (Å²) >= 11 is 0. The summed E-state index contributed by atoms with van der Waals surface area (Å²) in [5.74, 6) is 0.